The Bertz CT molecular complexity index is 274. The van der Waals surface area contributed by atoms with Gasteiger partial charge in [0.05, 0.1) is 0 Å². The predicted molar refractivity (Wildman–Crippen MR) is 73.0 cm³/mol. The van der Waals surface area contributed by atoms with Crippen LogP contribution in [-0.2, 0) is 6.42 Å². The third kappa shape index (κ3) is 5.20. The van der Waals surface area contributed by atoms with Crippen molar-refractivity contribution in [3.63, 3.8) is 0 Å². The van der Waals surface area contributed by atoms with Gasteiger partial charge in [0.2, 0.25) is 0 Å². The molecule has 0 aliphatic heterocycles. The molecular weight excluding hydrogens is 194 g/mol. The molecule has 90 valence electrons. The van der Waals surface area contributed by atoms with Gasteiger partial charge in [0.1, 0.15) is 0 Å². The third-order valence-electron chi connectivity index (χ3n) is 2.71. The van der Waals surface area contributed by atoms with Crippen molar-refractivity contribution in [2.75, 3.05) is 11.9 Å². The lowest BCUT2D eigenvalue weighted by Gasteiger charge is -2.08. The topological polar surface area (TPSA) is 12.0 Å². The Labute approximate surface area is 100 Å². The zero-order valence-electron chi connectivity index (χ0n) is 10.9. The predicted octanol–water partition coefficient (Wildman–Crippen LogP) is 4.49. The first kappa shape index (κ1) is 13.1. The highest BCUT2D eigenvalue weighted by Crippen LogP contribution is 2.13. The molecule has 0 bridgehead atoms. The highest BCUT2D eigenvalue weighted by molar-refractivity contribution is 5.44. The Balaban J connectivity index is 2.33. The lowest BCUT2D eigenvalue weighted by Crippen LogP contribution is -2.01. The van der Waals surface area contributed by atoms with E-state index < -0.39 is 0 Å². The molecular formula is C15H25N. The highest BCUT2D eigenvalue weighted by atomic mass is 14.9. The van der Waals surface area contributed by atoms with Crippen molar-refractivity contribution in [1.82, 2.24) is 0 Å². The quantitative estimate of drug-likeness (QED) is 0.666. The van der Waals surface area contributed by atoms with Crippen LogP contribution in [0.2, 0.25) is 0 Å². The molecule has 1 N–H and O–H groups in total. The Kier molecular flexibility index (Phi) is 5.99. The summed E-state index contributed by atoms with van der Waals surface area (Å²) in [6, 6.07) is 8.87. The first-order valence-corrected chi connectivity index (χ1v) is 6.55. The lowest BCUT2D eigenvalue weighted by molar-refractivity contribution is 0.647. The number of rotatable bonds is 7. The highest BCUT2D eigenvalue weighted by Gasteiger charge is 1.97. The molecule has 0 atom stereocenters. The number of unbranched alkanes of at least 4 members (excludes halogenated alkanes) is 2. The van der Waals surface area contributed by atoms with E-state index >= 15 is 0 Å². The van der Waals surface area contributed by atoms with Gasteiger partial charge in [-0.05, 0) is 36.5 Å². The van der Waals surface area contributed by atoms with Crippen LogP contribution in [0.4, 0.5) is 5.69 Å². The molecule has 0 aliphatic carbocycles. The van der Waals surface area contributed by atoms with Crippen LogP contribution in [0.5, 0.6) is 0 Å². The zero-order chi connectivity index (χ0) is 11.8. The molecule has 1 nitrogen and oxygen atoms in total. The molecule has 0 saturated carbocycles. The number of benzene rings is 1. The molecule has 0 amide bonds. The molecule has 0 spiro atoms. The molecule has 16 heavy (non-hydrogen) atoms. The average molecular weight is 219 g/mol. The minimum atomic E-state index is 0.739. The largest absolute Gasteiger partial charge is 0.385 e. The van der Waals surface area contributed by atoms with E-state index in [-0.39, 0.29) is 0 Å². The fraction of sp³-hybridized carbons (Fsp3) is 0.600. The Hall–Kier alpha value is -0.980. The summed E-state index contributed by atoms with van der Waals surface area (Å²) in [6.07, 6.45) is 5.05. The van der Waals surface area contributed by atoms with E-state index in [9.17, 15) is 0 Å². The lowest BCUT2D eigenvalue weighted by atomic mass is 10.0. The van der Waals surface area contributed by atoms with Crippen LogP contribution < -0.4 is 5.32 Å². The Morgan fingerprint density at radius 1 is 1.06 bits per heavy atom. The molecule has 0 heterocycles. The van der Waals surface area contributed by atoms with Gasteiger partial charge in [-0.15, -0.1) is 0 Å². The van der Waals surface area contributed by atoms with Crippen molar-refractivity contribution in [3.8, 4) is 0 Å². The van der Waals surface area contributed by atoms with Crippen molar-refractivity contribution in [3.05, 3.63) is 29.8 Å². The van der Waals surface area contributed by atoms with E-state index in [4.69, 9.17) is 0 Å². The van der Waals surface area contributed by atoms with Gasteiger partial charge in [0.15, 0.2) is 0 Å². The number of nitrogens with one attached hydrogen (secondary N) is 1. The smallest absolute Gasteiger partial charge is 0.0340 e. The molecule has 0 aromatic heterocycles. The first-order chi connectivity index (χ1) is 7.72. The van der Waals surface area contributed by atoms with E-state index in [0.717, 1.165) is 12.5 Å². The summed E-state index contributed by atoms with van der Waals surface area (Å²) in [6.45, 7) is 7.85. The summed E-state index contributed by atoms with van der Waals surface area (Å²) < 4.78 is 0. The molecule has 0 aliphatic rings. The van der Waals surface area contributed by atoms with Crippen molar-refractivity contribution < 1.29 is 0 Å². The van der Waals surface area contributed by atoms with Crippen molar-refractivity contribution in [1.29, 1.82) is 0 Å². The second-order valence-corrected chi connectivity index (χ2v) is 4.93. The molecule has 0 unspecified atom stereocenters. The van der Waals surface area contributed by atoms with Crippen LogP contribution in [0.1, 0.15) is 45.6 Å². The van der Waals surface area contributed by atoms with Crippen molar-refractivity contribution in [2.45, 2.75) is 46.5 Å². The number of hydrogen-bond acceptors (Lipinski definition) is 1. The average Bonchev–Trinajstić information content (AvgIpc) is 2.26. The monoisotopic (exact) mass is 219 g/mol. The molecule has 1 rings (SSSR count). The summed E-state index contributed by atoms with van der Waals surface area (Å²) in [4.78, 5) is 0. The number of hydrogen-bond donors (Lipinski definition) is 1. The summed E-state index contributed by atoms with van der Waals surface area (Å²) in [7, 11) is 0. The van der Waals surface area contributed by atoms with Crippen LogP contribution in [0.3, 0.4) is 0 Å². The van der Waals surface area contributed by atoms with E-state index in [0.29, 0.717) is 0 Å². The summed E-state index contributed by atoms with van der Waals surface area (Å²) in [5.41, 5.74) is 2.69. The van der Waals surface area contributed by atoms with Gasteiger partial charge in [0, 0.05) is 12.2 Å². The second-order valence-electron chi connectivity index (χ2n) is 4.93. The van der Waals surface area contributed by atoms with Crippen LogP contribution in [0.15, 0.2) is 24.3 Å². The van der Waals surface area contributed by atoms with Crippen molar-refractivity contribution >= 4 is 5.69 Å². The Morgan fingerprint density at radius 3 is 2.31 bits per heavy atom. The first-order valence-electron chi connectivity index (χ1n) is 6.55. The van der Waals surface area contributed by atoms with Gasteiger partial charge in [-0.1, -0.05) is 45.7 Å². The summed E-state index contributed by atoms with van der Waals surface area (Å²) in [5, 5.41) is 3.46. The maximum Gasteiger partial charge on any atom is 0.0340 e. The van der Waals surface area contributed by atoms with Crippen LogP contribution in [0, 0.1) is 5.92 Å². The van der Waals surface area contributed by atoms with Gasteiger partial charge in [-0.3, -0.25) is 0 Å². The molecule has 1 aromatic rings. The van der Waals surface area contributed by atoms with Crippen molar-refractivity contribution in [2.24, 2.45) is 5.92 Å². The normalized spacial score (nSPS) is 10.8. The second kappa shape index (κ2) is 7.32. The van der Waals surface area contributed by atoms with E-state index in [1.165, 1.54) is 36.9 Å². The SMILES string of the molecule is CCCCCNc1ccc(CC(C)C)cc1. The Morgan fingerprint density at radius 2 is 1.75 bits per heavy atom. The molecule has 1 aromatic carbocycles. The van der Waals surface area contributed by atoms with Crippen LogP contribution in [0.25, 0.3) is 0 Å². The minimum absolute atomic E-state index is 0.739. The van der Waals surface area contributed by atoms with Gasteiger partial charge < -0.3 is 5.32 Å². The minimum Gasteiger partial charge on any atom is -0.385 e. The van der Waals surface area contributed by atoms with Crippen LogP contribution >= 0.6 is 0 Å². The fourth-order valence-corrected chi connectivity index (χ4v) is 1.84. The maximum atomic E-state index is 3.46. The summed E-state index contributed by atoms with van der Waals surface area (Å²) >= 11 is 0. The molecule has 1 heteroatoms. The molecule has 0 saturated heterocycles. The van der Waals surface area contributed by atoms with Gasteiger partial charge in [-0.25, -0.2) is 0 Å². The fourth-order valence-electron chi connectivity index (χ4n) is 1.84. The molecule has 0 radical (unpaired) electrons. The van der Waals surface area contributed by atoms with Crippen LogP contribution in [-0.4, -0.2) is 6.54 Å². The number of anilines is 1. The van der Waals surface area contributed by atoms with Gasteiger partial charge >= 0.3 is 0 Å². The maximum absolute atomic E-state index is 3.46. The summed E-state index contributed by atoms with van der Waals surface area (Å²) in [5.74, 6) is 0.739. The van der Waals surface area contributed by atoms with E-state index in [1.807, 2.05) is 0 Å². The standard InChI is InChI=1S/C15H25N/c1-4-5-6-11-16-15-9-7-14(8-10-15)12-13(2)3/h7-10,13,16H,4-6,11-12H2,1-3H3. The van der Waals surface area contributed by atoms with Gasteiger partial charge in [0.25, 0.3) is 0 Å². The van der Waals surface area contributed by atoms with E-state index in [2.05, 4.69) is 50.4 Å². The van der Waals surface area contributed by atoms with Gasteiger partial charge in [-0.2, -0.15) is 0 Å². The zero-order valence-corrected chi connectivity index (χ0v) is 10.9. The molecule has 0 fully saturated rings. The van der Waals surface area contributed by atoms with E-state index in [1.54, 1.807) is 0 Å². The third-order valence-corrected chi connectivity index (χ3v) is 2.71.